The lowest BCUT2D eigenvalue weighted by Crippen LogP contribution is -2.34. The zero-order chi connectivity index (χ0) is 106. The Morgan fingerprint density at radius 1 is 0.372 bits per heavy atom. The average Bonchev–Trinajstić information content (AvgIpc) is 1.58. The number of fused-ring (bicyclic) bond motifs is 4. The van der Waals surface area contributed by atoms with Crippen molar-refractivity contribution in [2.24, 2.45) is 0 Å². The average molecular weight is 1990 g/mol. The summed E-state index contributed by atoms with van der Waals surface area (Å²) in [5, 5.41) is 10.8. The lowest BCUT2D eigenvalue weighted by atomic mass is 9.81. The van der Waals surface area contributed by atoms with E-state index in [9.17, 15) is 69.1 Å². The van der Waals surface area contributed by atoms with Gasteiger partial charge in [0.25, 0.3) is 23.6 Å². The van der Waals surface area contributed by atoms with Crippen molar-refractivity contribution in [3.63, 3.8) is 0 Å². The number of aromatic nitrogens is 10. The van der Waals surface area contributed by atoms with Gasteiger partial charge in [-0.25, -0.2) is 39.2 Å². The minimum Gasteiger partial charge on any atom is -0.322 e. The summed E-state index contributed by atoms with van der Waals surface area (Å²) in [7, 11) is 0. The van der Waals surface area contributed by atoms with Gasteiger partial charge in [0, 0.05) is 106 Å². The number of hydrogen-bond donors (Lipinski definition) is 4. The number of anilines is 12. The molecule has 0 radical (unpaired) electrons. The molecular formula is C115H93F7N18O8. The summed E-state index contributed by atoms with van der Waals surface area (Å²) in [4.78, 5) is 155. The van der Waals surface area contributed by atoms with E-state index in [2.05, 4.69) is 72.0 Å². The zero-order valence-corrected chi connectivity index (χ0v) is 82.0. The first-order valence-corrected chi connectivity index (χ1v) is 46.5. The Morgan fingerprint density at radius 3 is 1.43 bits per heavy atom. The molecule has 0 spiro atoms. The van der Waals surface area contributed by atoms with E-state index >= 15 is 0 Å². The standard InChI is InChI=1S/C29H22F4N4O2.C29H20F3N5O2.C29H26N4O2.C28H25N5O2/c1-16-7-9-19(10-8-16)36-26(38)22-11-17(13-35-25(22)29(31,32)33)21-5-4-6-23-24(21)28(2,3)27(39)37(23)20-12-18(30)14-34-15-20;1-4-17-7-10-23(35-15-17)36-26(38)21-14-18(8-9-22(21)29(30,31)32)20-11-13-34-25-24(20)28(2,3)27(39)37(25)19-6-5-12-33-16-19;1-18-11-13-21(14-12-18)32-27(34)23-16-20(17-31-19(23)2)22-8-7-9-24-26(22)29(3,4)28(35)33(24)25-10-5-6-15-30-25;1-17-9-12-19(13-10-17)31-25(34)24-18(2)11-14-21(32-24)20-7-5-8-22-23(20)28(3,4)26(35)33(22)27-29-15-6-16-30-27/h4-15H,1-3H3,(H,36,38);1,5-16H,2-3H3,(H,35,36,38);5-17H,1-4H3,(H,32,34);5-16H,1-4H3,(H,31,34). The number of aryl methyl sites for hydroxylation is 5. The van der Waals surface area contributed by atoms with E-state index in [1.807, 2.05) is 184 Å². The summed E-state index contributed by atoms with van der Waals surface area (Å²) in [6.45, 7) is 23.9. The Morgan fingerprint density at radius 2 is 0.878 bits per heavy atom. The number of terminal acetylenes is 1. The van der Waals surface area contributed by atoms with E-state index < -0.39 is 74.0 Å². The van der Waals surface area contributed by atoms with Gasteiger partial charge in [0.15, 0.2) is 5.69 Å². The number of amides is 8. The Hall–Kier alpha value is -18.4. The summed E-state index contributed by atoms with van der Waals surface area (Å²) < 4.78 is 97.3. The Kier molecular flexibility index (Phi) is 27.4. The summed E-state index contributed by atoms with van der Waals surface area (Å²) in [6.07, 6.45) is 11.6. The van der Waals surface area contributed by atoms with Gasteiger partial charge in [0.2, 0.25) is 29.6 Å². The van der Waals surface area contributed by atoms with Gasteiger partial charge in [0.05, 0.1) is 102 Å². The van der Waals surface area contributed by atoms with Crippen LogP contribution < -0.4 is 40.9 Å². The first-order valence-electron chi connectivity index (χ1n) is 46.5. The van der Waals surface area contributed by atoms with Gasteiger partial charge >= 0.3 is 12.4 Å². The zero-order valence-electron chi connectivity index (χ0n) is 82.0. The summed E-state index contributed by atoms with van der Waals surface area (Å²) in [5.74, 6) is -0.216. The Balaban J connectivity index is 0.000000135. The van der Waals surface area contributed by atoms with E-state index in [0.717, 1.165) is 97.7 Å². The monoisotopic (exact) mass is 1990 g/mol. The maximum absolute atomic E-state index is 14.0. The predicted octanol–water partition coefficient (Wildman–Crippen LogP) is 23.9. The Bertz CT molecular complexity index is 7810. The highest BCUT2D eigenvalue weighted by molar-refractivity contribution is 6.18. The van der Waals surface area contributed by atoms with Gasteiger partial charge in [-0.1, -0.05) is 114 Å². The molecule has 0 saturated carbocycles. The normalized spacial score (nSPS) is 14.1. The number of hydrogen-bond acceptors (Lipinski definition) is 18. The molecule has 20 rings (SSSR count). The van der Waals surface area contributed by atoms with Crippen LogP contribution in [0.15, 0.2) is 299 Å². The molecule has 0 bridgehead atoms. The van der Waals surface area contributed by atoms with Gasteiger partial charge in [-0.05, 0) is 262 Å². The van der Waals surface area contributed by atoms with Crippen molar-refractivity contribution in [1.29, 1.82) is 0 Å². The molecule has 0 aliphatic carbocycles. The molecule has 0 unspecified atom stereocenters. The molecule has 7 aromatic carbocycles. The van der Waals surface area contributed by atoms with Crippen molar-refractivity contribution >= 4 is 116 Å². The maximum atomic E-state index is 14.0. The predicted molar refractivity (Wildman–Crippen MR) is 551 cm³/mol. The molecule has 4 aliphatic rings. The van der Waals surface area contributed by atoms with E-state index in [1.165, 1.54) is 58.9 Å². The minimum atomic E-state index is -4.88. The van der Waals surface area contributed by atoms with Crippen LogP contribution in [-0.2, 0) is 53.2 Å². The Labute approximate surface area is 846 Å². The van der Waals surface area contributed by atoms with Gasteiger partial charge in [-0.2, -0.15) is 26.3 Å². The molecule has 4 aliphatic heterocycles. The number of pyridine rings is 8. The third-order valence-electron chi connectivity index (χ3n) is 25.9. The van der Waals surface area contributed by atoms with Crippen LogP contribution in [0.3, 0.4) is 0 Å². The number of halogens is 7. The topological polar surface area (TPSA) is 327 Å². The second-order valence-corrected chi connectivity index (χ2v) is 37.6. The van der Waals surface area contributed by atoms with Crippen LogP contribution in [0, 0.1) is 52.8 Å². The lowest BCUT2D eigenvalue weighted by molar-refractivity contribution is -0.141. The second kappa shape index (κ2) is 40.1. The minimum absolute atomic E-state index is 0.0428. The van der Waals surface area contributed by atoms with Crippen LogP contribution >= 0.6 is 0 Å². The maximum Gasteiger partial charge on any atom is 0.434 e. The van der Waals surface area contributed by atoms with Gasteiger partial charge in [-0.3, -0.25) is 73.0 Å². The molecule has 26 nitrogen and oxygen atoms in total. The van der Waals surface area contributed by atoms with E-state index in [1.54, 1.807) is 135 Å². The number of rotatable bonds is 16. The highest BCUT2D eigenvalue weighted by atomic mass is 19.4. The van der Waals surface area contributed by atoms with Crippen LogP contribution in [-0.4, -0.2) is 97.1 Å². The van der Waals surface area contributed by atoms with Crippen molar-refractivity contribution in [1.82, 2.24) is 49.8 Å². The highest BCUT2D eigenvalue weighted by Gasteiger charge is 2.52. The number of benzene rings is 7. The van der Waals surface area contributed by atoms with Crippen LogP contribution in [0.5, 0.6) is 0 Å². The van der Waals surface area contributed by atoms with Crippen molar-refractivity contribution in [2.45, 2.75) is 124 Å². The number of alkyl halides is 6. The fourth-order valence-electron chi connectivity index (χ4n) is 18.3. The molecule has 8 amide bonds. The van der Waals surface area contributed by atoms with Crippen molar-refractivity contribution in [3.8, 4) is 57.0 Å². The summed E-state index contributed by atoms with van der Waals surface area (Å²) >= 11 is 0. The largest absolute Gasteiger partial charge is 0.434 e. The van der Waals surface area contributed by atoms with Gasteiger partial charge in [-0.15, -0.1) is 6.42 Å². The third-order valence-corrected chi connectivity index (χ3v) is 25.9. The SMILES string of the molecule is C#Cc1ccc(NC(=O)c2cc(-c3ccnc4c3C(C)(C)C(=O)N4c3cccnc3)ccc2C(F)(F)F)nc1.Cc1ccc(NC(=O)c2cc(-c3cccc4c3C(C)(C)C(=O)N4c3ccccn3)cnc2C)cc1.Cc1ccc(NC(=O)c2cc(-c3cccc4c3C(C)(C)C(=O)N4c3cncc(F)c3)cnc2C(F)(F)F)cc1.Cc1ccc(NC(=O)c2nc(-c3cccc4c3C(C)(C)C(=O)N4c3ncccn3)ccc2C)cc1. The molecule has 16 aromatic rings. The molecular weight excluding hydrogens is 1890 g/mol. The van der Waals surface area contributed by atoms with Crippen LogP contribution in [0.4, 0.5) is 99.6 Å². The highest BCUT2D eigenvalue weighted by Crippen LogP contribution is 2.55. The summed E-state index contributed by atoms with van der Waals surface area (Å²) in [5.41, 5.74) is 10.0. The molecule has 33 heteroatoms. The molecule has 0 saturated heterocycles. The third kappa shape index (κ3) is 19.8. The first-order chi connectivity index (χ1) is 70.4. The quantitative estimate of drug-likeness (QED) is 0.0516. The first kappa shape index (κ1) is 101. The number of carbonyl (C=O) groups is 8. The van der Waals surface area contributed by atoms with Crippen LogP contribution in [0.1, 0.15) is 164 Å². The molecule has 0 fully saturated rings. The lowest BCUT2D eigenvalue weighted by Gasteiger charge is -2.21. The fraction of sp³-hybridized carbons (Fsp3) is 0.165. The number of nitrogens with zero attached hydrogens (tertiary/aromatic N) is 14. The van der Waals surface area contributed by atoms with Gasteiger partial charge in [0.1, 0.15) is 29.0 Å². The van der Waals surface area contributed by atoms with Crippen LogP contribution in [0.2, 0.25) is 0 Å². The molecule has 4 N–H and O–H groups in total. The smallest absolute Gasteiger partial charge is 0.322 e. The molecule has 0 atom stereocenters. The van der Waals surface area contributed by atoms with E-state index in [0.29, 0.717) is 96.4 Å². The van der Waals surface area contributed by atoms with Gasteiger partial charge < -0.3 is 21.3 Å². The van der Waals surface area contributed by atoms with Crippen molar-refractivity contribution < 1.29 is 69.1 Å². The van der Waals surface area contributed by atoms with Crippen molar-refractivity contribution in [2.75, 3.05) is 40.9 Å². The second-order valence-electron chi connectivity index (χ2n) is 37.6. The van der Waals surface area contributed by atoms with Crippen LogP contribution in [0.25, 0.3) is 44.6 Å². The van der Waals surface area contributed by atoms with E-state index in [-0.39, 0.29) is 52.5 Å². The molecule has 13 heterocycles. The molecule has 148 heavy (non-hydrogen) atoms. The van der Waals surface area contributed by atoms with Crippen molar-refractivity contribution in [3.05, 3.63) is 394 Å². The number of nitrogens with one attached hydrogen (secondary N) is 4. The number of carbonyl (C=O) groups excluding carboxylic acids is 8. The van der Waals surface area contributed by atoms with E-state index in [4.69, 9.17) is 11.4 Å². The fourth-order valence-corrected chi connectivity index (χ4v) is 18.3. The molecule has 740 valence electrons. The summed E-state index contributed by atoms with van der Waals surface area (Å²) in [6, 6.07) is 64.8. The molecule has 9 aromatic heterocycles.